The van der Waals surface area contributed by atoms with Gasteiger partial charge in [-0.25, -0.2) is 0 Å². The van der Waals surface area contributed by atoms with E-state index in [2.05, 4.69) is 46.4 Å². The Bertz CT molecular complexity index is 285. The summed E-state index contributed by atoms with van der Waals surface area (Å²) in [6.45, 7) is 12.3. The van der Waals surface area contributed by atoms with Gasteiger partial charge in [-0.1, -0.05) is 53.9 Å². The van der Waals surface area contributed by atoms with Crippen LogP contribution in [-0.2, 0) is 0 Å². The van der Waals surface area contributed by atoms with Gasteiger partial charge >= 0.3 is 0 Å². The lowest BCUT2D eigenvalue weighted by Gasteiger charge is -2.42. The minimum Gasteiger partial charge on any atom is -0.152 e. The van der Waals surface area contributed by atoms with Crippen LogP contribution in [0, 0.1) is 17.3 Å². The molecule has 2 fully saturated rings. The second-order valence-corrected chi connectivity index (χ2v) is 10.9. The van der Waals surface area contributed by atoms with E-state index in [0.717, 1.165) is 17.1 Å². The highest BCUT2D eigenvalue weighted by molar-refractivity contribution is 8.01. The molecule has 2 aliphatic carbocycles. The Hall–Kier alpha value is 0.350. The topological polar surface area (TPSA) is 0 Å². The van der Waals surface area contributed by atoms with E-state index in [1.807, 2.05) is 0 Å². The van der Waals surface area contributed by atoms with Crippen LogP contribution in [0.15, 0.2) is 0 Å². The number of thioether (sulfide) groups is 1. The zero-order valence-corrected chi connectivity index (χ0v) is 15.3. The molecule has 2 saturated carbocycles. The highest BCUT2D eigenvalue weighted by atomic mass is 32.2. The zero-order valence-electron chi connectivity index (χ0n) is 14.5. The first-order chi connectivity index (χ1) is 9.29. The average Bonchev–Trinajstić information content (AvgIpc) is 2.39. The van der Waals surface area contributed by atoms with Gasteiger partial charge in [-0.15, -0.1) is 0 Å². The van der Waals surface area contributed by atoms with E-state index in [0.29, 0.717) is 10.2 Å². The molecule has 0 radical (unpaired) electrons. The predicted molar refractivity (Wildman–Crippen MR) is 93.4 cm³/mol. The molecule has 1 heteroatoms. The zero-order chi connectivity index (χ0) is 14.8. The lowest BCUT2D eigenvalue weighted by molar-refractivity contribution is 0.182. The summed E-state index contributed by atoms with van der Waals surface area (Å²) in [6, 6.07) is 0. The van der Waals surface area contributed by atoms with Crippen molar-refractivity contribution < 1.29 is 0 Å². The monoisotopic (exact) mass is 296 g/mol. The van der Waals surface area contributed by atoms with Crippen molar-refractivity contribution in [3.05, 3.63) is 0 Å². The van der Waals surface area contributed by atoms with Crippen molar-refractivity contribution in [1.29, 1.82) is 0 Å². The molecular weight excluding hydrogens is 260 g/mol. The quantitative estimate of drug-likeness (QED) is 0.559. The fourth-order valence-electron chi connectivity index (χ4n) is 4.37. The first-order valence-electron chi connectivity index (χ1n) is 8.97. The Morgan fingerprint density at radius 3 is 1.70 bits per heavy atom. The summed E-state index contributed by atoms with van der Waals surface area (Å²) in [5.41, 5.74) is 0.522. The van der Waals surface area contributed by atoms with Crippen molar-refractivity contribution in [2.45, 2.75) is 102 Å². The molecule has 0 aromatic heterocycles. The SMILES string of the molecule is CC(C)(C)C1CCC(SC(C)(C)C2CCCCC2)CC1. The summed E-state index contributed by atoms with van der Waals surface area (Å²) in [4.78, 5) is 0. The second-order valence-electron chi connectivity index (χ2n) is 8.90. The van der Waals surface area contributed by atoms with Crippen LogP contribution in [0.4, 0.5) is 0 Å². The van der Waals surface area contributed by atoms with Crippen molar-refractivity contribution in [1.82, 2.24) is 0 Å². The van der Waals surface area contributed by atoms with Crippen LogP contribution in [0.2, 0.25) is 0 Å². The Morgan fingerprint density at radius 2 is 1.20 bits per heavy atom. The first kappa shape index (κ1) is 16.7. The van der Waals surface area contributed by atoms with Gasteiger partial charge in [-0.2, -0.15) is 11.8 Å². The number of hydrogen-bond acceptors (Lipinski definition) is 1. The van der Waals surface area contributed by atoms with Crippen LogP contribution in [0.1, 0.15) is 92.4 Å². The van der Waals surface area contributed by atoms with Gasteiger partial charge in [0.25, 0.3) is 0 Å². The van der Waals surface area contributed by atoms with Crippen LogP contribution < -0.4 is 0 Å². The molecule has 0 saturated heterocycles. The van der Waals surface area contributed by atoms with Crippen molar-refractivity contribution in [3.63, 3.8) is 0 Å². The maximum atomic E-state index is 2.53. The van der Waals surface area contributed by atoms with Crippen LogP contribution in [-0.4, -0.2) is 10.00 Å². The van der Waals surface area contributed by atoms with E-state index >= 15 is 0 Å². The van der Waals surface area contributed by atoms with E-state index in [9.17, 15) is 0 Å². The lowest BCUT2D eigenvalue weighted by atomic mass is 9.72. The van der Waals surface area contributed by atoms with Gasteiger partial charge in [0.1, 0.15) is 0 Å². The van der Waals surface area contributed by atoms with Gasteiger partial charge in [-0.05, 0) is 55.8 Å². The fraction of sp³-hybridized carbons (Fsp3) is 1.00. The Balaban J connectivity index is 1.82. The molecule has 0 aromatic carbocycles. The molecule has 0 atom stereocenters. The normalized spacial score (nSPS) is 30.4. The van der Waals surface area contributed by atoms with Gasteiger partial charge < -0.3 is 0 Å². The third-order valence-electron chi connectivity index (χ3n) is 5.96. The highest BCUT2D eigenvalue weighted by Gasteiger charge is 2.36. The summed E-state index contributed by atoms with van der Waals surface area (Å²) >= 11 is 2.34. The molecule has 0 bridgehead atoms. The summed E-state index contributed by atoms with van der Waals surface area (Å²) in [6.07, 6.45) is 13.2. The van der Waals surface area contributed by atoms with Gasteiger partial charge in [0.05, 0.1) is 0 Å². The molecule has 0 aromatic rings. The maximum absolute atomic E-state index is 2.53. The maximum Gasteiger partial charge on any atom is 0.0134 e. The number of rotatable bonds is 3. The molecule has 0 unspecified atom stereocenters. The Labute approximate surface area is 131 Å². The van der Waals surface area contributed by atoms with Gasteiger partial charge in [0, 0.05) is 10.00 Å². The summed E-state index contributed by atoms with van der Waals surface area (Å²) in [5.74, 6) is 1.93. The van der Waals surface area contributed by atoms with E-state index in [4.69, 9.17) is 0 Å². The van der Waals surface area contributed by atoms with E-state index in [-0.39, 0.29) is 0 Å². The summed E-state index contributed by atoms with van der Waals surface area (Å²) in [7, 11) is 0. The largest absolute Gasteiger partial charge is 0.152 e. The highest BCUT2D eigenvalue weighted by Crippen LogP contribution is 2.48. The molecule has 0 amide bonds. The lowest BCUT2D eigenvalue weighted by Crippen LogP contribution is -2.34. The summed E-state index contributed by atoms with van der Waals surface area (Å²) in [5, 5.41) is 0.936. The standard InChI is InChI=1S/C19H36S/c1-18(2,3)15-11-13-17(14-12-15)20-19(4,5)16-9-7-6-8-10-16/h15-17H,6-14H2,1-5H3. The molecule has 20 heavy (non-hydrogen) atoms. The third kappa shape index (κ3) is 4.42. The van der Waals surface area contributed by atoms with Crippen LogP contribution in [0.3, 0.4) is 0 Å². The van der Waals surface area contributed by atoms with Crippen molar-refractivity contribution in [2.75, 3.05) is 0 Å². The Morgan fingerprint density at radius 1 is 0.650 bits per heavy atom. The molecule has 0 heterocycles. The van der Waals surface area contributed by atoms with Gasteiger partial charge in [-0.3, -0.25) is 0 Å². The van der Waals surface area contributed by atoms with Crippen molar-refractivity contribution >= 4 is 11.8 Å². The van der Waals surface area contributed by atoms with Crippen molar-refractivity contribution in [2.24, 2.45) is 17.3 Å². The van der Waals surface area contributed by atoms with E-state index in [1.54, 1.807) is 0 Å². The second kappa shape index (κ2) is 6.63. The van der Waals surface area contributed by atoms with Gasteiger partial charge in [0.2, 0.25) is 0 Å². The van der Waals surface area contributed by atoms with E-state index < -0.39 is 0 Å². The third-order valence-corrected chi connectivity index (χ3v) is 7.70. The molecule has 2 aliphatic rings. The smallest absolute Gasteiger partial charge is 0.0134 e. The molecule has 2 rings (SSSR count). The average molecular weight is 297 g/mol. The van der Waals surface area contributed by atoms with Crippen molar-refractivity contribution in [3.8, 4) is 0 Å². The summed E-state index contributed by atoms with van der Waals surface area (Å²) < 4.78 is 0.514. The minimum atomic E-state index is 0.514. The molecule has 118 valence electrons. The molecule has 0 aliphatic heterocycles. The van der Waals surface area contributed by atoms with Crippen LogP contribution >= 0.6 is 11.8 Å². The Kier molecular flexibility index (Phi) is 5.54. The van der Waals surface area contributed by atoms with Crippen LogP contribution in [0.5, 0.6) is 0 Å². The number of hydrogen-bond donors (Lipinski definition) is 0. The minimum absolute atomic E-state index is 0.514. The van der Waals surface area contributed by atoms with Gasteiger partial charge in [0.15, 0.2) is 0 Å². The molecular formula is C19H36S. The predicted octanol–water partition coefficient (Wildman–Crippen LogP) is 6.68. The molecule has 0 N–H and O–H groups in total. The van der Waals surface area contributed by atoms with Crippen LogP contribution in [0.25, 0.3) is 0 Å². The fourth-order valence-corrected chi connectivity index (χ4v) is 6.17. The molecule has 0 spiro atoms. The molecule has 0 nitrogen and oxygen atoms in total. The van der Waals surface area contributed by atoms with E-state index in [1.165, 1.54) is 57.8 Å². The first-order valence-corrected chi connectivity index (χ1v) is 9.85.